The van der Waals surface area contributed by atoms with Gasteiger partial charge in [-0.25, -0.2) is 0 Å². The maximum absolute atomic E-state index is 12.2. The van der Waals surface area contributed by atoms with Crippen molar-refractivity contribution in [3.8, 4) is 0 Å². The van der Waals surface area contributed by atoms with Crippen LogP contribution in [0.3, 0.4) is 0 Å². The zero-order valence-corrected chi connectivity index (χ0v) is 13.8. The number of ketones is 1. The molecule has 1 aromatic carbocycles. The van der Waals surface area contributed by atoms with Gasteiger partial charge in [-0.3, -0.25) is 9.69 Å². The first-order valence-corrected chi connectivity index (χ1v) is 8.60. The molecule has 0 bridgehead atoms. The lowest BCUT2D eigenvalue weighted by molar-refractivity contribution is 0.0943. The first kappa shape index (κ1) is 15.6. The molecular formula is C15H16ClNOS2. The van der Waals surface area contributed by atoms with E-state index in [1.807, 2.05) is 54.6 Å². The summed E-state index contributed by atoms with van der Waals surface area (Å²) >= 11 is 9.13. The van der Waals surface area contributed by atoms with Gasteiger partial charge in [0, 0.05) is 21.9 Å². The molecule has 0 spiro atoms. The van der Waals surface area contributed by atoms with Crippen LogP contribution in [0.1, 0.15) is 15.2 Å². The number of carbonyl (C=O) groups excluding carboxylic acids is 1. The van der Waals surface area contributed by atoms with E-state index in [9.17, 15) is 4.79 Å². The van der Waals surface area contributed by atoms with E-state index in [-0.39, 0.29) is 5.78 Å². The van der Waals surface area contributed by atoms with E-state index < -0.39 is 0 Å². The number of rotatable bonds is 6. The minimum Gasteiger partial charge on any atom is -0.294 e. The lowest BCUT2D eigenvalue weighted by Gasteiger charge is -2.14. The van der Waals surface area contributed by atoms with Crippen LogP contribution in [0.2, 0.25) is 4.34 Å². The largest absolute Gasteiger partial charge is 0.294 e. The number of carbonyl (C=O) groups is 1. The maximum atomic E-state index is 12.2. The molecular weight excluding hydrogens is 310 g/mol. The minimum atomic E-state index is 0.141. The van der Waals surface area contributed by atoms with Crippen molar-refractivity contribution in [2.24, 2.45) is 0 Å². The van der Waals surface area contributed by atoms with Crippen LogP contribution in [0.25, 0.3) is 0 Å². The number of thiophene rings is 1. The Kier molecular flexibility index (Phi) is 5.66. The summed E-state index contributed by atoms with van der Waals surface area (Å²) in [5.74, 6) is 0.141. The van der Waals surface area contributed by atoms with Gasteiger partial charge in [0.1, 0.15) is 0 Å². The van der Waals surface area contributed by atoms with Crippen LogP contribution in [-0.2, 0) is 6.54 Å². The molecule has 0 aliphatic heterocycles. The van der Waals surface area contributed by atoms with Crippen LogP contribution in [0.5, 0.6) is 0 Å². The molecule has 20 heavy (non-hydrogen) atoms. The highest BCUT2D eigenvalue weighted by Gasteiger charge is 2.10. The van der Waals surface area contributed by atoms with Crippen LogP contribution >= 0.6 is 34.7 Å². The molecule has 5 heteroatoms. The van der Waals surface area contributed by atoms with Crippen LogP contribution in [-0.4, -0.2) is 30.5 Å². The molecule has 1 heterocycles. The number of benzene rings is 1. The molecule has 0 aliphatic rings. The predicted molar refractivity (Wildman–Crippen MR) is 88.2 cm³/mol. The zero-order chi connectivity index (χ0) is 14.5. The van der Waals surface area contributed by atoms with Gasteiger partial charge in [-0.1, -0.05) is 23.7 Å². The molecule has 106 valence electrons. The number of hydrogen-bond donors (Lipinski definition) is 0. The smallest absolute Gasteiger partial charge is 0.176 e. The van der Waals surface area contributed by atoms with Crippen LogP contribution < -0.4 is 0 Å². The van der Waals surface area contributed by atoms with Crippen molar-refractivity contribution in [1.82, 2.24) is 4.90 Å². The first-order valence-electron chi connectivity index (χ1n) is 6.18. The lowest BCUT2D eigenvalue weighted by Crippen LogP contribution is -2.25. The van der Waals surface area contributed by atoms with E-state index in [1.54, 1.807) is 23.1 Å². The summed E-state index contributed by atoms with van der Waals surface area (Å²) in [6.07, 6.45) is 2.02. The summed E-state index contributed by atoms with van der Waals surface area (Å²) in [4.78, 5) is 16.5. The Hall–Kier alpha value is -0.810. The standard InChI is InChI=1S/C15H16ClNOS2/c1-17(9-13-7-8-15(16)20-13)10-14(18)11-3-5-12(19-2)6-4-11/h3-8H,9-10H2,1-2H3. The molecule has 0 atom stereocenters. The van der Waals surface area contributed by atoms with Crippen molar-refractivity contribution in [1.29, 1.82) is 0 Å². The third kappa shape index (κ3) is 4.35. The summed E-state index contributed by atoms with van der Waals surface area (Å²) in [6, 6.07) is 11.6. The summed E-state index contributed by atoms with van der Waals surface area (Å²) in [5.41, 5.74) is 0.763. The Morgan fingerprint density at radius 1 is 1.25 bits per heavy atom. The van der Waals surface area contributed by atoms with Crippen molar-refractivity contribution in [2.75, 3.05) is 19.8 Å². The Bertz CT molecular complexity index is 580. The molecule has 2 rings (SSSR count). The molecule has 0 amide bonds. The maximum Gasteiger partial charge on any atom is 0.176 e. The third-order valence-corrected chi connectivity index (χ3v) is 4.84. The van der Waals surface area contributed by atoms with E-state index >= 15 is 0 Å². The Balaban J connectivity index is 1.92. The van der Waals surface area contributed by atoms with E-state index in [4.69, 9.17) is 11.6 Å². The van der Waals surface area contributed by atoms with Crippen LogP contribution in [0.4, 0.5) is 0 Å². The highest BCUT2D eigenvalue weighted by Crippen LogP contribution is 2.22. The molecule has 0 fully saturated rings. The van der Waals surface area contributed by atoms with Crippen molar-refractivity contribution in [3.05, 3.63) is 51.2 Å². The molecule has 0 aliphatic carbocycles. The van der Waals surface area contributed by atoms with E-state index in [0.717, 1.165) is 16.4 Å². The van der Waals surface area contributed by atoms with Crippen molar-refractivity contribution < 1.29 is 4.79 Å². The minimum absolute atomic E-state index is 0.141. The molecule has 0 saturated carbocycles. The Labute approximate surface area is 132 Å². The quantitative estimate of drug-likeness (QED) is 0.578. The summed E-state index contributed by atoms with van der Waals surface area (Å²) < 4.78 is 0.785. The fraction of sp³-hybridized carbons (Fsp3) is 0.267. The van der Waals surface area contributed by atoms with Crippen LogP contribution in [0, 0.1) is 0 Å². The van der Waals surface area contributed by atoms with Gasteiger partial charge in [-0.15, -0.1) is 23.1 Å². The summed E-state index contributed by atoms with van der Waals surface area (Å²) in [5, 5.41) is 0. The van der Waals surface area contributed by atoms with Crippen molar-refractivity contribution in [2.45, 2.75) is 11.4 Å². The van der Waals surface area contributed by atoms with Crippen LogP contribution in [0.15, 0.2) is 41.3 Å². The fourth-order valence-corrected chi connectivity index (χ4v) is 3.45. The monoisotopic (exact) mass is 325 g/mol. The van der Waals surface area contributed by atoms with Gasteiger partial charge in [-0.05, 0) is 37.6 Å². The van der Waals surface area contributed by atoms with Gasteiger partial charge in [0.05, 0.1) is 10.9 Å². The number of Topliss-reactive ketones (excluding diaryl/α,β-unsaturated/α-hetero) is 1. The average Bonchev–Trinajstić information content (AvgIpc) is 2.84. The first-order chi connectivity index (χ1) is 9.58. The third-order valence-electron chi connectivity index (χ3n) is 2.88. The number of thioether (sulfide) groups is 1. The molecule has 0 radical (unpaired) electrons. The number of halogens is 1. The normalized spacial score (nSPS) is 11.0. The number of nitrogens with zero attached hydrogens (tertiary/aromatic N) is 1. The molecule has 0 N–H and O–H groups in total. The van der Waals surface area contributed by atoms with Gasteiger partial charge >= 0.3 is 0 Å². The molecule has 2 nitrogen and oxygen atoms in total. The second-order valence-corrected chi connectivity index (χ2v) is 7.21. The van der Waals surface area contributed by atoms with Gasteiger partial charge in [-0.2, -0.15) is 0 Å². The molecule has 0 unspecified atom stereocenters. The highest BCUT2D eigenvalue weighted by molar-refractivity contribution is 7.98. The highest BCUT2D eigenvalue weighted by atomic mass is 35.5. The van der Waals surface area contributed by atoms with Gasteiger partial charge < -0.3 is 0 Å². The summed E-state index contributed by atoms with van der Waals surface area (Å²) in [7, 11) is 1.95. The number of hydrogen-bond acceptors (Lipinski definition) is 4. The lowest BCUT2D eigenvalue weighted by atomic mass is 10.1. The second kappa shape index (κ2) is 7.27. The SMILES string of the molecule is CSc1ccc(C(=O)CN(C)Cc2ccc(Cl)s2)cc1. The number of likely N-dealkylation sites (N-methyl/N-ethyl adjacent to an activating group) is 1. The van der Waals surface area contributed by atoms with E-state index in [2.05, 4.69) is 0 Å². The predicted octanol–water partition coefficient (Wildman–Crippen LogP) is 4.44. The van der Waals surface area contributed by atoms with E-state index in [0.29, 0.717) is 6.54 Å². The Morgan fingerprint density at radius 2 is 1.95 bits per heavy atom. The Morgan fingerprint density at radius 3 is 2.50 bits per heavy atom. The molecule has 2 aromatic rings. The van der Waals surface area contributed by atoms with Gasteiger partial charge in [0.25, 0.3) is 0 Å². The topological polar surface area (TPSA) is 20.3 Å². The molecule has 1 aromatic heterocycles. The molecule has 0 saturated heterocycles. The van der Waals surface area contributed by atoms with E-state index in [1.165, 1.54) is 9.77 Å². The fourth-order valence-electron chi connectivity index (χ4n) is 1.87. The van der Waals surface area contributed by atoms with Gasteiger partial charge in [0.15, 0.2) is 5.78 Å². The van der Waals surface area contributed by atoms with Crippen molar-refractivity contribution in [3.63, 3.8) is 0 Å². The zero-order valence-electron chi connectivity index (χ0n) is 11.4. The average molecular weight is 326 g/mol. The summed E-state index contributed by atoms with van der Waals surface area (Å²) in [6.45, 7) is 1.15. The van der Waals surface area contributed by atoms with Gasteiger partial charge in [0.2, 0.25) is 0 Å². The van der Waals surface area contributed by atoms with Crippen molar-refractivity contribution >= 4 is 40.5 Å². The second-order valence-electron chi connectivity index (χ2n) is 4.53.